The second-order valence-electron chi connectivity index (χ2n) is 12.3. The molecule has 2 fully saturated rings. The maximum atomic E-state index is 9.39. The number of aromatic nitrogens is 6. The number of aromatic amines is 1. The molecule has 4 aromatic heterocycles. The van der Waals surface area contributed by atoms with Crippen LogP contribution >= 0.6 is 0 Å². The first-order valence-electron chi connectivity index (χ1n) is 14.4. The number of rotatable bonds is 5. The molecule has 206 valence electrons. The standard InChI is InChI=1S/C31H30N8O2/c1-37-23-3-2-19(12-20(23)14-34-37)24-25-26-21(13-33-28(25)36-27(24)22-15-35-39-10-11-40-29(22)39)16-41-31(26)7-9-38(18-31)17-30(4-5-30)6-8-32/h2-3,12-15H,4-7,9-11,16-18H2,1H3,(H,33,36)/t31-/m0/s1. The Labute approximate surface area is 236 Å². The second kappa shape index (κ2) is 8.18. The number of likely N-dealkylation sites (tertiary alicyclic amines) is 1. The van der Waals surface area contributed by atoms with Gasteiger partial charge < -0.3 is 14.5 Å². The van der Waals surface area contributed by atoms with Gasteiger partial charge in [-0.05, 0) is 42.4 Å². The van der Waals surface area contributed by atoms with Gasteiger partial charge in [0.2, 0.25) is 5.88 Å². The van der Waals surface area contributed by atoms with Crippen molar-refractivity contribution in [3.8, 4) is 34.3 Å². The first kappa shape index (κ1) is 23.5. The first-order valence-corrected chi connectivity index (χ1v) is 14.4. The number of nitrogens with zero attached hydrogens (tertiary/aromatic N) is 7. The molecule has 7 heterocycles. The van der Waals surface area contributed by atoms with Gasteiger partial charge in [0.25, 0.3) is 0 Å². The Morgan fingerprint density at radius 3 is 2.93 bits per heavy atom. The number of nitriles is 1. The molecule has 0 bridgehead atoms. The highest BCUT2D eigenvalue weighted by atomic mass is 16.5. The molecule has 1 aliphatic carbocycles. The smallest absolute Gasteiger partial charge is 0.221 e. The summed E-state index contributed by atoms with van der Waals surface area (Å²) in [5, 5.41) is 20.7. The van der Waals surface area contributed by atoms with E-state index in [4.69, 9.17) is 14.5 Å². The zero-order valence-electron chi connectivity index (χ0n) is 23.0. The Kier molecular flexibility index (Phi) is 4.69. The molecule has 4 aliphatic rings. The highest BCUT2D eigenvalue weighted by Crippen LogP contribution is 2.54. The van der Waals surface area contributed by atoms with Gasteiger partial charge in [0.15, 0.2) is 0 Å². The van der Waals surface area contributed by atoms with Crippen LogP contribution in [0.1, 0.15) is 36.8 Å². The van der Waals surface area contributed by atoms with Crippen molar-refractivity contribution in [3.05, 3.63) is 47.9 Å². The van der Waals surface area contributed by atoms with Crippen molar-refractivity contribution in [2.24, 2.45) is 12.5 Å². The Morgan fingerprint density at radius 2 is 2.05 bits per heavy atom. The summed E-state index contributed by atoms with van der Waals surface area (Å²) < 4.78 is 16.6. The number of fused-ring (bicyclic) bond motifs is 6. The van der Waals surface area contributed by atoms with Crippen LogP contribution in [0.4, 0.5) is 0 Å². The highest BCUT2D eigenvalue weighted by molar-refractivity contribution is 6.06. The molecule has 0 amide bonds. The van der Waals surface area contributed by atoms with Crippen LogP contribution < -0.4 is 4.74 Å². The molecule has 1 aromatic carbocycles. The summed E-state index contributed by atoms with van der Waals surface area (Å²) in [5.74, 6) is 0.794. The fraction of sp³-hybridized carbons (Fsp3) is 0.419. The van der Waals surface area contributed by atoms with Crippen LogP contribution in [0.3, 0.4) is 0 Å². The van der Waals surface area contributed by atoms with Crippen LogP contribution in [0.15, 0.2) is 36.8 Å². The van der Waals surface area contributed by atoms with Gasteiger partial charge in [-0.15, -0.1) is 0 Å². The molecule has 3 aliphatic heterocycles. The molecule has 1 saturated heterocycles. The molecule has 1 saturated carbocycles. The number of pyridine rings is 1. The third-order valence-electron chi connectivity index (χ3n) is 9.78. The fourth-order valence-corrected chi connectivity index (χ4v) is 7.53. The number of aryl methyl sites for hydroxylation is 1. The molecule has 1 N–H and O–H groups in total. The third kappa shape index (κ3) is 3.33. The molecule has 0 unspecified atom stereocenters. The summed E-state index contributed by atoms with van der Waals surface area (Å²) in [4.78, 5) is 11.1. The quantitative estimate of drug-likeness (QED) is 0.346. The fourth-order valence-electron chi connectivity index (χ4n) is 7.53. The Hall–Kier alpha value is -4.20. The number of hydrogen-bond donors (Lipinski definition) is 1. The summed E-state index contributed by atoms with van der Waals surface area (Å²) in [5.41, 5.74) is 8.24. The highest BCUT2D eigenvalue weighted by Gasteiger charge is 2.51. The predicted molar refractivity (Wildman–Crippen MR) is 152 cm³/mol. The van der Waals surface area contributed by atoms with Gasteiger partial charge in [0, 0.05) is 66.8 Å². The minimum absolute atomic E-state index is 0.170. The van der Waals surface area contributed by atoms with E-state index in [0.29, 0.717) is 19.6 Å². The summed E-state index contributed by atoms with van der Waals surface area (Å²) in [6.07, 6.45) is 9.68. The number of hydrogen-bond acceptors (Lipinski definition) is 7. The van der Waals surface area contributed by atoms with Crippen molar-refractivity contribution in [1.82, 2.24) is 34.4 Å². The number of benzene rings is 1. The summed E-state index contributed by atoms with van der Waals surface area (Å²) in [7, 11) is 1.97. The lowest BCUT2D eigenvalue weighted by Gasteiger charge is -2.27. The topological polar surface area (TPSA) is 110 Å². The van der Waals surface area contributed by atoms with Gasteiger partial charge in [-0.2, -0.15) is 15.5 Å². The van der Waals surface area contributed by atoms with Crippen molar-refractivity contribution in [2.75, 3.05) is 26.2 Å². The maximum Gasteiger partial charge on any atom is 0.221 e. The van der Waals surface area contributed by atoms with E-state index in [1.54, 1.807) is 0 Å². The molecule has 10 nitrogen and oxygen atoms in total. The van der Waals surface area contributed by atoms with E-state index in [1.807, 2.05) is 35.0 Å². The lowest BCUT2D eigenvalue weighted by atomic mass is 9.86. The lowest BCUT2D eigenvalue weighted by Crippen LogP contribution is -2.34. The minimum atomic E-state index is -0.399. The largest absolute Gasteiger partial charge is 0.475 e. The minimum Gasteiger partial charge on any atom is -0.475 e. The molecule has 9 rings (SSSR count). The second-order valence-corrected chi connectivity index (χ2v) is 12.3. The van der Waals surface area contributed by atoms with Gasteiger partial charge in [-0.1, -0.05) is 6.07 Å². The molecule has 10 heteroatoms. The van der Waals surface area contributed by atoms with Crippen LogP contribution in [0.25, 0.3) is 44.3 Å². The average molecular weight is 547 g/mol. The van der Waals surface area contributed by atoms with E-state index < -0.39 is 5.60 Å². The van der Waals surface area contributed by atoms with Crippen LogP contribution in [-0.2, 0) is 30.5 Å². The van der Waals surface area contributed by atoms with E-state index in [0.717, 1.165) is 101 Å². The van der Waals surface area contributed by atoms with E-state index in [-0.39, 0.29) is 5.41 Å². The zero-order valence-corrected chi connectivity index (χ0v) is 23.0. The van der Waals surface area contributed by atoms with Crippen molar-refractivity contribution >= 4 is 21.9 Å². The lowest BCUT2D eigenvalue weighted by molar-refractivity contribution is -0.0296. The Bertz CT molecular complexity index is 1920. The van der Waals surface area contributed by atoms with Crippen molar-refractivity contribution in [3.63, 3.8) is 0 Å². The third-order valence-corrected chi connectivity index (χ3v) is 9.78. The number of nitrogens with one attached hydrogen (secondary N) is 1. The first-order chi connectivity index (χ1) is 20.1. The molecule has 41 heavy (non-hydrogen) atoms. The monoisotopic (exact) mass is 546 g/mol. The molecule has 1 atom stereocenters. The normalized spacial score (nSPS) is 22.4. The van der Waals surface area contributed by atoms with Crippen LogP contribution in [-0.4, -0.2) is 60.7 Å². The molecular weight excluding hydrogens is 516 g/mol. The van der Waals surface area contributed by atoms with Gasteiger partial charge in [-0.3, -0.25) is 9.58 Å². The van der Waals surface area contributed by atoms with E-state index in [2.05, 4.69) is 44.3 Å². The van der Waals surface area contributed by atoms with E-state index >= 15 is 0 Å². The average Bonchev–Trinajstić information content (AvgIpc) is 3.61. The van der Waals surface area contributed by atoms with Crippen LogP contribution in [0.5, 0.6) is 5.88 Å². The number of H-pyrrole nitrogens is 1. The van der Waals surface area contributed by atoms with Crippen LogP contribution in [0, 0.1) is 16.7 Å². The summed E-state index contributed by atoms with van der Waals surface area (Å²) in [6.45, 7) is 4.71. The Morgan fingerprint density at radius 1 is 1.12 bits per heavy atom. The van der Waals surface area contributed by atoms with Gasteiger partial charge >= 0.3 is 0 Å². The molecule has 5 aromatic rings. The van der Waals surface area contributed by atoms with Crippen molar-refractivity contribution in [2.45, 2.75) is 44.4 Å². The van der Waals surface area contributed by atoms with Crippen molar-refractivity contribution < 1.29 is 9.47 Å². The molecule has 0 radical (unpaired) electrons. The van der Waals surface area contributed by atoms with Crippen molar-refractivity contribution in [1.29, 1.82) is 5.26 Å². The number of ether oxygens (including phenoxy) is 2. The zero-order chi connectivity index (χ0) is 27.3. The summed E-state index contributed by atoms with van der Waals surface area (Å²) >= 11 is 0. The van der Waals surface area contributed by atoms with E-state index in [1.165, 1.54) is 5.56 Å². The Balaban J connectivity index is 1.24. The van der Waals surface area contributed by atoms with Gasteiger partial charge in [0.05, 0.1) is 48.4 Å². The SMILES string of the molecule is Cn1ncc2cc(-c3c(-c4cnn5c4OCC5)[nH]c4ncc5c(c34)[C@@]3(CCN(CC4(CC#N)CC4)C3)OC5)ccc21. The van der Waals surface area contributed by atoms with Crippen LogP contribution in [0.2, 0.25) is 0 Å². The van der Waals surface area contributed by atoms with Gasteiger partial charge in [0.1, 0.15) is 17.9 Å². The summed E-state index contributed by atoms with van der Waals surface area (Å²) in [6, 6.07) is 8.97. The maximum absolute atomic E-state index is 9.39. The molecular formula is C31H30N8O2. The van der Waals surface area contributed by atoms with E-state index in [9.17, 15) is 5.26 Å². The predicted octanol–water partition coefficient (Wildman–Crippen LogP) is 4.50. The van der Waals surface area contributed by atoms with Gasteiger partial charge in [-0.25, -0.2) is 9.67 Å². The molecule has 1 spiro atoms.